The van der Waals surface area contributed by atoms with Crippen molar-refractivity contribution >= 4 is 0 Å². The average Bonchev–Trinajstić information content (AvgIpc) is 2.66. The van der Waals surface area contributed by atoms with Crippen LogP contribution in [0.3, 0.4) is 0 Å². The average molecular weight is 248 g/mol. The van der Waals surface area contributed by atoms with Crippen molar-refractivity contribution in [3.8, 4) is 6.07 Å². The van der Waals surface area contributed by atoms with Gasteiger partial charge in [0.1, 0.15) is 5.54 Å². The van der Waals surface area contributed by atoms with Crippen LogP contribution >= 0.6 is 0 Å². The standard InChI is InChI=1S/C14H24N4/c1-6-7-16-14(5,10-15)9-13(4)18-12(3)8-11(2)17-18/h8,13,16H,6-7,9H2,1-5H3. The van der Waals surface area contributed by atoms with Gasteiger partial charge in [-0.05, 0) is 46.7 Å². The molecule has 0 aliphatic rings. The maximum atomic E-state index is 9.34. The first kappa shape index (κ1) is 14.7. The zero-order valence-electron chi connectivity index (χ0n) is 12.1. The Morgan fingerprint density at radius 2 is 2.22 bits per heavy atom. The fraction of sp³-hybridized carbons (Fsp3) is 0.714. The van der Waals surface area contributed by atoms with Gasteiger partial charge in [0.15, 0.2) is 0 Å². The lowest BCUT2D eigenvalue weighted by molar-refractivity contribution is 0.329. The molecule has 2 unspecified atom stereocenters. The first-order valence-electron chi connectivity index (χ1n) is 6.61. The number of hydrogen-bond acceptors (Lipinski definition) is 3. The number of rotatable bonds is 6. The van der Waals surface area contributed by atoms with Crippen molar-refractivity contribution in [2.24, 2.45) is 0 Å². The summed E-state index contributed by atoms with van der Waals surface area (Å²) in [5.41, 5.74) is 1.69. The summed E-state index contributed by atoms with van der Waals surface area (Å²) in [5, 5.41) is 17.1. The molecule has 1 aromatic rings. The van der Waals surface area contributed by atoms with E-state index in [-0.39, 0.29) is 6.04 Å². The minimum Gasteiger partial charge on any atom is -0.300 e. The summed E-state index contributed by atoms with van der Waals surface area (Å²) in [5.74, 6) is 0. The van der Waals surface area contributed by atoms with Crippen molar-refractivity contribution in [2.45, 2.75) is 59.0 Å². The predicted octanol–water partition coefficient (Wildman–Crippen LogP) is 2.73. The molecule has 0 radical (unpaired) electrons. The van der Waals surface area contributed by atoms with Crippen molar-refractivity contribution in [3.63, 3.8) is 0 Å². The summed E-state index contributed by atoms with van der Waals surface area (Å²) in [4.78, 5) is 0. The summed E-state index contributed by atoms with van der Waals surface area (Å²) < 4.78 is 2.01. The second-order valence-electron chi connectivity index (χ2n) is 5.30. The van der Waals surface area contributed by atoms with Crippen LogP contribution in [0.2, 0.25) is 0 Å². The second kappa shape index (κ2) is 6.01. The molecule has 0 aliphatic carbocycles. The molecule has 1 aromatic heterocycles. The number of hydrogen-bond donors (Lipinski definition) is 1. The van der Waals surface area contributed by atoms with Crippen molar-refractivity contribution in [1.82, 2.24) is 15.1 Å². The fourth-order valence-corrected chi connectivity index (χ4v) is 2.33. The van der Waals surface area contributed by atoms with Crippen LogP contribution in [0.25, 0.3) is 0 Å². The van der Waals surface area contributed by atoms with Gasteiger partial charge in [-0.2, -0.15) is 10.4 Å². The van der Waals surface area contributed by atoms with Gasteiger partial charge in [0.05, 0.1) is 17.8 Å². The molecule has 100 valence electrons. The number of aryl methyl sites for hydroxylation is 2. The third kappa shape index (κ3) is 3.58. The Hall–Kier alpha value is -1.34. The van der Waals surface area contributed by atoms with Crippen LogP contribution in [0.15, 0.2) is 6.07 Å². The molecular weight excluding hydrogens is 224 g/mol. The van der Waals surface area contributed by atoms with Gasteiger partial charge >= 0.3 is 0 Å². The first-order valence-corrected chi connectivity index (χ1v) is 6.61. The molecule has 2 atom stereocenters. The maximum absolute atomic E-state index is 9.34. The molecule has 1 rings (SSSR count). The van der Waals surface area contributed by atoms with Gasteiger partial charge in [-0.1, -0.05) is 6.92 Å². The minimum atomic E-state index is -0.484. The van der Waals surface area contributed by atoms with Crippen LogP contribution in [0.5, 0.6) is 0 Å². The Morgan fingerprint density at radius 3 is 2.67 bits per heavy atom. The normalized spacial score (nSPS) is 16.0. The topological polar surface area (TPSA) is 53.6 Å². The summed E-state index contributed by atoms with van der Waals surface area (Å²) >= 11 is 0. The molecule has 4 nitrogen and oxygen atoms in total. The highest BCUT2D eigenvalue weighted by Gasteiger charge is 2.27. The highest BCUT2D eigenvalue weighted by atomic mass is 15.3. The Bertz CT molecular complexity index is 429. The molecular formula is C14H24N4. The highest BCUT2D eigenvalue weighted by molar-refractivity contribution is 5.10. The van der Waals surface area contributed by atoms with E-state index >= 15 is 0 Å². The Labute approximate surface area is 110 Å². The Morgan fingerprint density at radius 1 is 1.56 bits per heavy atom. The second-order valence-corrected chi connectivity index (χ2v) is 5.30. The molecule has 0 spiro atoms. The largest absolute Gasteiger partial charge is 0.300 e. The van der Waals surface area contributed by atoms with Gasteiger partial charge < -0.3 is 0 Å². The number of nitrogens with zero attached hydrogens (tertiary/aromatic N) is 3. The van der Waals surface area contributed by atoms with Crippen molar-refractivity contribution in [3.05, 3.63) is 17.5 Å². The molecule has 0 aliphatic heterocycles. The lowest BCUT2D eigenvalue weighted by Gasteiger charge is -2.27. The molecule has 18 heavy (non-hydrogen) atoms. The zero-order chi connectivity index (χ0) is 13.8. The maximum Gasteiger partial charge on any atom is 0.105 e. The molecule has 0 amide bonds. The van der Waals surface area contributed by atoms with E-state index in [9.17, 15) is 5.26 Å². The van der Waals surface area contributed by atoms with E-state index in [1.165, 1.54) is 0 Å². The van der Waals surface area contributed by atoms with Crippen LogP contribution in [-0.2, 0) is 0 Å². The van der Waals surface area contributed by atoms with Crippen molar-refractivity contribution in [1.29, 1.82) is 5.26 Å². The predicted molar refractivity (Wildman–Crippen MR) is 73.3 cm³/mol. The van der Waals surface area contributed by atoms with E-state index < -0.39 is 5.54 Å². The fourth-order valence-electron chi connectivity index (χ4n) is 2.33. The zero-order valence-corrected chi connectivity index (χ0v) is 12.1. The molecule has 0 saturated carbocycles. The van der Waals surface area contributed by atoms with Crippen molar-refractivity contribution in [2.75, 3.05) is 6.54 Å². The summed E-state index contributed by atoms with van der Waals surface area (Å²) in [6, 6.07) is 4.67. The number of nitrogens with one attached hydrogen (secondary N) is 1. The SMILES string of the molecule is CCCNC(C)(C#N)CC(C)n1nc(C)cc1C. The van der Waals surface area contributed by atoms with Crippen LogP contribution in [0.4, 0.5) is 0 Å². The number of nitriles is 1. The molecule has 0 saturated heterocycles. The van der Waals surface area contributed by atoms with E-state index in [2.05, 4.69) is 43.3 Å². The molecule has 0 bridgehead atoms. The third-order valence-corrected chi connectivity index (χ3v) is 3.18. The monoisotopic (exact) mass is 248 g/mol. The van der Waals surface area contributed by atoms with Crippen molar-refractivity contribution < 1.29 is 0 Å². The lowest BCUT2D eigenvalue weighted by Crippen LogP contribution is -2.43. The lowest BCUT2D eigenvalue weighted by atomic mass is 9.95. The summed E-state index contributed by atoms with van der Waals surface area (Å²) in [6.45, 7) is 11.1. The minimum absolute atomic E-state index is 0.215. The summed E-state index contributed by atoms with van der Waals surface area (Å²) in [6.07, 6.45) is 1.79. The van der Waals surface area contributed by atoms with Gasteiger partial charge in [0.25, 0.3) is 0 Å². The highest BCUT2D eigenvalue weighted by Crippen LogP contribution is 2.21. The van der Waals surface area contributed by atoms with E-state index in [0.717, 1.165) is 30.8 Å². The molecule has 4 heteroatoms. The van der Waals surface area contributed by atoms with E-state index in [1.807, 2.05) is 18.5 Å². The first-order chi connectivity index (χ1) is 8.41. The van der Waals surface area contributed by atoms with E-state index in [0.29, 0.717) is 0 Å². The van der Waals surface area contributed by atoms with Crippen LogP contribution < -0.4 is 5.32 Å². The Kier molecular flexibility index (Phi) is 4.92. The quantitative estimate of drug-likeness (QED) is 0.842. The Balaban J connectivity index is 2.76. The molecule has 0 fully saturated rings. The third-order valence-electron chi connectivity index (χ3n) is 3.18. The van der Waals surface area contributed by atoms with E-state index in [1.54, 1.807) is 0 Å². The van der Waals surface area contributed by atoms with Gasteiger partial charge in [0.2, 0.25) is 0 Å². The van der Waals surface area contributed by atoms with Crippen LogP contribution in [0.1, 0.15) is 51.0 Å². The summed E-state index contributed by atoms with van der Waals surface area (Å²) in [7, 11) is 0. The van der Waals surface area contributed by atoms with Gasteiger partial charge in [-0.3, -0.25) is 10.00 Å². The van der Waals surface area contributed by atoms with E-state index in [4.69, 9.17) is 0 Å². The molecule has 1 N–H and O–H groups in total. The molecule has 0 aromatic carbocycles. The van der Waals surface area contributed by atoms with Gasteiger partial charge in [0, 0.05) is 12.1 Å². The number of aromatic nitrogens is 2. The van der Waals surface area contributed by atoms with Gasteiger partial charge in [-0.25, -0.2) is 0 Å². The van der Waals surface area contributed by atoms with Crippen LogP contribution in [0, 0.1) is 25.2 Å². The van der Waals surface area contributed by atoms with Gasteiger partial charge in [-0.15, -0.1) is 0 Å². The van der Waals surface area contributed by atoms with Crippen LogP contribution in [-0.4, -0.2) is 21.9 Å². The molecule has 1 heterocycles. The smallest absolute Gasteiger partial charge is 0.105 e.